The van der Waals surface area contributed by atoms with Crippen molar-refractivity contribution in [3.8, 4) is 0 Å². The van der Waals surface area contributed by atoms with Crippen molar-refractivity contribution in [1.82, 2.24) is 14.9 Å². The summed E-state index contributed by atoms with van der Waals surface area (Å²) in [6.07, 6.45) is 4.99. The van der Waals surface area contributed by atoms with Crippen LogP contribution in [0.1, 0.15) is 51.8 Å². The number of amides is 1. The molecule has 0 spiro atoms. The van der Waals surface area contributed by atoms with Gasteiger partial charge in [0.15, 0.2) is 0 Å². The van der Waals surface area contributed by atoms with Crippen LogP contribution in [-0.2, 0) is 6.42 Å². The van der Waals surface area contributed by atoms with Crippen LogP contribution in [0.3, 0.4) is 0 Å². The van der Waals surface area contributed by atoms with E-state index in [2.05, 4.69) is 39.8 Å². The first-order valence-electron chi connectivity index (χ1n) is 8.50. The van der Waals surface area contributed by atoms with Gasteiger partial charge < -0.3 is 9.84 Å². The Morgan fingerprint density at radius 2 is 2.16 bits per heavy atom. The minimum atomic E-state index is -0.311. The molecule has 0 bridgehead atoms. The number of aromatic nitrogens is 3. The summed E-state index contributed by atoms with van der Waals surface area (Å²) in [5.41, 5.74) is 4.24. The molecule has 2 heterocycles. The molecular weight excluding hydrogens is 316 g/mol. The number of rotatable bonds is 3. The van der Waals surface area contributed by atoms with Gasteiger partial charge in [0.05, 0.1) is 17.9 Å². The molecule has 25 heavy (non-hydrogen) atoms. The molecule has 0 aliphatic heterocycles. The lowest BCUT2D eigenvalue weighted by Gasteiger charge is -2.27. The second kappa shape index (κ2) is 6.20. The highest BCUT2D eigenvalue weighted by Gasteiger charge is 2.26. The Labute approximate surface area is 145 Å². The molecular formula is C19H20N4O2. The number of aryl methyl sites for hydroxylation is 3. The number of anilines is 1. The third kappa shape index (κ3) is 2.84. The van der Waals surface area contributed by atoms with Crippen molar-refractivity contribution in [2.75, 3.05) is 5.32 Å². The van der Waals surface area contributed by atoms with Crippen molar-refractivity contribution in [1.29, 1.82) is 0 Å². The van der Waals surface area contributed by atoms with Gasteiger partial charge in [-0.3, -0.25) is 4.79 Å². The van der Waals surface area contributed by atoms with E-state index in [1.807, 2.05) is 11.6 Å². The van der Waals surface area contributed by atoms with Gasteiger partial charge in [0, 0.05) is 11.6 Å². The van der Waals surface area contributed by atoms with Crippen LogP contribution >= 0.6 is 0 Å². The molecule has 1 unspecified atom stereocenters. The molecule has 1 N–H and O–H groups in total. The quantitative estimate of drug-likeness (QED) is 0.792. The van der Waals surface area contributed by atoms with Crippen LogP contribution in [0.25, 0.3) is 0 Å². The van der Waals surface area contributed by atoms with Gasteiger partial charge in [-0.2, -0.15) is 5.10 Å². The lowest BCUT2D eigenvalue weighted by atomic mass is 9.88. The fourth-order valence-electron chi connectivity index (χ4n) is 3.46. The Hall–Kier alpha value is -2.89. The Morgan fingerprint density at radius 3 is 2.96 bits per heavy atom. The van der Waals surface area contributed by atoms with Crippen LogP contribution in [0.15, 0.2) is 41.1 Å². The highest BCUT2D eigenvalue weighted by molar-refractivity contribution is 6.02. The Bertz CT molecular complexity index is 925. The van der Waals surface area contributed by atoms with Gasteiger partial charge in [0.1, 0.15) is 5.82 Å². The van der Waals surface area contributed by atoms with Gasteiger partial charge >= 0.3 is 0 Å². The van der Waals surface area contributed by atoms with E-state index in [1.54, 1.807) is 19.2 Å². The number of benzene rings is 1. The van der Waals surface area contributed by atoms with Gasteiger partial charge in [0.2, 0.25) is 5.76 Å². The van der Waals surface area contributed by atoms with E-state index in [0.717, 1.165) is 24.8 Å². The normalized spacial score (nSPS) is 16.5. The number of hydrogen-bond acceptors (Lipinski definition) is 4. The molecule has 0 fully saturated rings. The third-order valence-corrected chi connectivity index (χ3v) is 4.70. The minimum absolute atomic E-state index is 0.130. The Kier molecular flexibility index (Phi) is 3.87. The minimum Gasteiger partial charge on any atom is -0.351 e. The van der Waals surface area contributed by atoms with Gasteiger partial charge in [0.25, 0.3) is 5.91 Å². The molecule has 3 aromatic rings. The van der Waals surface area contributed by atoms with E-state index in [4.69, 9.17) is 4.52 Å². The maximum absolute atomic E-state index is 12.5. The molecule has 0 saturated heterocycles. The molecule has 1 atom stereocenters. The molecule has 0 radical (unpaired) electrons. The number of fused-ring (bicyclic) bond motifs is 1. The molecule has 128 valence electrons. The van der Waals surface area contributed by atoms with E-state index < -0.39 is 0 Å². The molecule has 2 aromatic heterocycles. The van der Waals surface area contributed by atoms with Crippen molar-refractivity contribution in [2.45, 2.75) is 39.2 Å². The summed E-state index contributed by atoms with van der Waals surface area (Å²) < 4.78 is 6.99. The second-order valence-corrected chi connectivity index (χ2v) is 6.51. The van der Waals surface area contributed by atoms with Crippen LogP contribution in [-0.4, -0.2) is 20.8 Å². The topological polar surface area (TPSA) is 73.0 Å². The number of hydrogen-bond donors (Lipinski definition) is 1. The number of nitrogens with zero attached hydrogens (tertiary/aromatic N) is 3. The molecule has 6 nitrogen and oxygen atoms in total. The lowest BCUT2D eigenvalue weighted by molar-refractivity contribution is 0.0986. The zero-order chi connectivity index (χ0) is 17.4. The van der Waals surface area contributed by atoms with Crippen LogP contribution < -0.4 is 5.32 Å². The van der Waals surface area contributed by atoms with Gasteiger partial charge in [-0.25, -0.2) is 4.68 Å². The monoisotopic (exact) mass is 336 g/mol. The van der Waals surface area contributed by atoms with Gasteiger partial charge in [-0.05, 0) is 44.2 Å². The SMILES string of the molecule is Cc1cc(C(=O)Nc2c(C)cnn2C2CCCc3ccccc32)on1. The highest BCUT2D eigenvalue weighted by atomic mass is 16.5. The van der Waals surface area contributed by atoms with Crippen molar-refractivity contribution in [3.05, 3.63) is 64.7 Å². The maximum atomic E-state index is 12.5. The van der Waals surface area contributed by atoms with Crippen LogP contribution in [0.2, 0.25) is 0 Å². The predicted molar refractivity (Wildman–Crippen MR) is 93.7 cm³/mol. The molecule has 1 aliphatic rings. The van der Waals surface area contributed by atoms with E-state index in [0.29, 0.717) is 11.5 Å². The summed E-state index contributed by atoms with van der Waals surface area (Å²) in [5, 5.41) is 11.3. The first-order chi connectivity index (χ1) is 12.1. The number of carbonyl (C=O) groups excluding carboxylic acids is 1. The molecule has 1 aromatic carbocycles. The molecule has 1 aliphatic carbocycles. The predicted octanol–water partition coefficient (Wildman–Crippen LogP) is 3.67. The van der Waals surface area contributed by atoms with E-state index in [9.17, 15) is 4.79 Å². The molecule has 0 saturated carbocycles. The average molecular weight is 336 g/mol. The largest absolute Gasteiger partial charge is 0.351 e. The summed E-state index contributed by atoms with van der Waals surface area (Å²) in [4.78, 5) is 12.5. The number of carbonyl (C=O) groups is 1. The van der Waals surface area contributed by atoms with Crippen molar-refractivity contribution >= 4 is 11.7 Å². The molecule has 6 heteroatoms. The zero-order valence-electron chi connectivity index (χ0n) is 14.3. The summed E-state index contributed by atoms with van der Waals surface area (Å²) in [6, 6.07) is 10.2. The standard InChI is InChI=1S/C19H20N4O2/c1-12-11-20-23(16-9-5-7-14-6-3-4-8-15(14)16)18(12)21-19(24)17-10-13(2)22-25-17/h3-4,6,8,10-11,16H,5,7,9H2,1-2H3,(H,21,24). The lowest BCUT2D eigenvalue weighted by Crippen LogP contribution is -2.22. The van der Waals surface area contributed by atoms with Crippen molar-refractivity contribution < 1.29 is 9.32 Å². The van der Waals surface area contributed by atoms with Crippen LogP contribution in [0.5, 0.6) is 0 Å². The second-order valence-electron chi connectivity index (χ2n) is 6.51. The van der Waals surface area contributed by atoms with Crippen LogP contribution in [0.4, 0.5) is 5.82 Å². The van der Waals surface area contributed by atoms with E-state index >= 15 is 0 Å². The average Bonchev–Trinajstić information content (AvgIpc) is 3.21. The molecule has 4 rings (SSSR count). The van der Waals surface area contributed by atoms with E-state index in [1.165, 1.54) is 11.1 Å². The smallest absolute Gasteiger partial charge is 0.295 e. The van der Waals surface area contributed by atoms with Gasteiger partial charge in [-0.1, -0.05) is 29.4 Å². The first-order valence-corrected chi connectivity index (χ1v) is 8.50. The van der Waals surface area contributed by atoms with Crippen molar-refractivity contribution in [2.24, 2.45) is 0 Å². The maximum Gasteiger partial charge on any atom is 0.295 e. The fraction of sp³-hybridized carbons (Fsp3) is 0.316. The van der Waals surface area contributed by atoms with Gasteiger partial charge in [-0.15, -0.1) is 0 Å². The summed E-state index contributed by atoms with van der Waals surface area (Å²) in [5.74, 6) is 0.601. The van der Waals surface area contributed by atoms with Crippen LogP contribution in [0, 0.1) is 13.8 Å². The summed E-state index contributed by atoms with van der Waals surface area (Å²) >= 11 is 0. The zero-order valence-corrected chi connectivity index (χ0v) is 14.3. The summed E-state index contributed by atoms with van der Waals surface area (Å²) in [7, 11) is 0. The fourth-order valence-corrected chi connectivity index (χ4v) is 3.46. The molecule has 1 amide bonds. The Morgan fingerprint density at radius 1 is 1.32 bits per heavy atom. The third-order valence-electron chi connectivity index (χ3n) is 4.70. The highest BCUT2D eigenvalue weighted by Crippen LogP contribution is 2.35. The van der Waals surface area contributed by atoms with E-state index in [-0.39, 0.29) is 17.7 Å². The van der Waals surface area contributed by atoms with Crippen molar-refractivity contribution in [3.63, 3.8) is 0 Å². The first kappa shape index (κ1) is 15.6. The summed E-state index contributed by atoms with van der Waals surface area (Å²) in [6.45, 7) is 3.73. The number of nitrogens with one attached hydrogen (secondary N) is 1. The Balaban J connectivity index is 1.68.